The van der Waals surface area contributed by atoms with E-state index in [0.29, 0.717) is 0 Å². The number of hydrogen-bond acceptors (Lipinski definition) is 3. The van der Waals surface area contributed by atoms with E-state index in [1.54, 1.807) is 0 Å². The van der Waals surface area contributed by atoms with Crippen LogP contribution < -0.4 is 5.26 Å². The zero-order valence-electron chi connectivity index (χ0n) is 12.1. The first kappa shape index (κ1) is 14.9. The Balaban J connectivity index is 2.70. The molecule has 1 aromatic rings. The minimum Gasteiger partial charge on any atom is -0.672 e. The van der Waals surface area contributed by atoms with Crippen LogP contribution in [0.2, 0.25) is 0 Å². The summed E-state index contributed by atoms with van der Waals surface area (Å²) in [7, 11) is 0. The smallest absolute Gasteiger partial charge is 0.193 e. The summed E-state index contributed by atoms with van der Waals surface area (Å²) >= 11 is -0.881. The maximum Gasteiger partial charge on any atom is 0.193 e. The molecule has 0 radical (unpaired) electrons. The van der Waals surface area contributed by atoms with Crippen LogP contribution in [0.5, 0.6) is 0 Å². The van der Waals surface area contributed by atoms with Crippen molar-refractivity contribution >= 4 is 11.2 Å². The Morgan fingerprint density at radius 3 is 2.37 bits per heavy atom. The van der Waals surface area contributed by atoms with E-state index in [4.69, 9.17) is 0 Å². The first-order valence-electron chi connectivity index (χ1n) is 6.57. The third-order valence-electron chi connectivity index (χ3n) is 4.91. The molecule has 3 nitrogen and oxygen atoms in total. The van der Waals surface area contributed by atoms with E-state index in [0.717, 1.165) is 10.5 Å². The fourth-order valence-corrected chi connectivity index (χ4v) is 4.87. The van der Waals surface area contributed by atoms with Gasteiger partial charge in [-0.15, -0.1) is 0 Å². The fraction of sp³-hybridized carbons (Fsp3) is 0.600. The topological polar surface area (TPSA) is 52.5 Å². The number of benzene rings is 1. The molecule has 1 heterocycles. The van der Waals surface area contributed by atoms with Crippen LogP contribution in [0.4, 0.5) is 0 Å². The van der Waals surface area contributed by atoms with Gasteiger partial charge in [-0.05, 0) is 19.9 Å². The van der Waals surface area contributed by atoms with Crippen LogP contribution >= 0.6 is 0 Å². The standard InChI is InChI=1S/C15H22O3S/c1-10-11-8-6-7-9-12(11)19(18-17)15(4,5)14(2,3)13(10)16/h6-10,13,16H,1-5H3. The molecule has 0 bridgehead atoms. The van der Waals surface area contributed by atoms with Gasteiger partial charge in [-0.2, -0.15) is 0 Å². The molecule has 1 aliphatic rings. The molecule has 0 aromatic heterocycles. The molecular weight excluding hydrogens is 260 g/mol. The van der Waals surface area contributed by atoms with E-state index in [1.165, 1.54) is 0 Å². The first-order valence-corrected chi connectivity index (χ1v) is 7.71. The Hall–Kier alpha value is -0.550. The van der Waals surface area contributed by atoms with E-state index in [1.807, 2.05) is 58.9 Å². The number of hydrogen-bond donors (Lipinski definition) is 1. The molecule has 3 unspecified atom stereocenters. The zero-order valence-corrected chi connectivity index (χ0v) is 13.0. The third kappa shape index (κ3) is 2.02. The highest BCUT2D eigenvalue weighted by atomic mass is 32.2. The molecule has 0 aliphatic carbocycles. The minimum absolute atomic E-state index is 0.0156. The zero-order chi connectivity index (χ0) is 14.4. The highest BCUT2D eigenvalue weighted by Crippen LogP contribution is 2.51. The van der Waals surface area contributed by atoms with Crippen LogP contribution in [0.1, 0.15) is 46.1 Å². The number of rotatable bonds is 1. The van der Waals surface area contributed by atoms with E-state index in [2.05, 4.69) is 4.33 Å². The molecular formula is C15H22O3S. The maximum absolute atomic E-state index is 11.3. The van der Waals surface area contributed by atoms with E-state index in [-0.39, 0.29) is 5.92 Å². The van der Waals surface area contributed by atoms with Gasteiger partial charge in [0.1, 0.15) is 0 Å². The van der Waals surface area contributed by atoms with Crippen LogP contribution in [0.25, 0.3) is 0 Å². The van der Waals surface area contributed by atoms with Crippen molar-refractivity contribution in [2.75, 3.05) is 0 Å². The lowest BCUT2D eigenvalue weighted by Gasteiger charge is -2.41. The summed E-state index contributed by atoms with van der Waals surface area (Å²) in [5.41, 5.74) is 0.603. The molecule has 0 saturated heterocycles. The monoisotopic (exact) mass is 282 g/mol. The number of fused-ring (bicyclic) bond motifs is 1. The van der Waals surface area contributed by atoms with Crippen LogP contribution in [-0.2, 0) is 15.5 Å². The SMILES string of the molecule is CC1c2ccccc2[S+](O[O-])C(C)(C)C(C)(C)C1O. The lowest BCUT2D eigenvalue weighted by molar-refractivity contribution is -0.633. The van der Waals surface area contributed by atoms with Gasteiger partial charge in [-0.1, -0.05) is 39.0 Å². The predicted octanol–water partition coefficient (Wildman–Crippen LogP) is 2.15. The Morgan fingerprint density at radius 2 is 1.79 bits per heavy atom. The molecule has 19 heavy (non-hydrogen) atoms. The Bertz CT molecular complexity index is 470. The number of aliphatic hydroxyl groups is 1. The van der Waals surface area contributed by atoms with Gasteiger partial charge in [0.15, 0.2) is 20.8 Å². The van der Waals surface area contributed by atoms with Crippen molar-refractivity contribution in [1.29, 1.82) is 0 Å². The summed E-state index contributed by atoms with van der Waals surface area (Å²) in [4.78, 5) is 0.930. The van der Waals surface area contributed by atoms with Crippen LogP contribution in [0, 0.1) is 5.41 Å². The molecule has 4 heteroatoms. The quantitative estimate of drug-likeness (QED) is 0.488. The molecule has 1 aliphatic heterocycles. The number of aliphatic hydroxyl groups excluding tert-OH is 1. The van der Waals surface area contributed by atoms with Gasteiger partial charge < -0.3 is 10.4 Å². The van der Waals surface area contributed by atoms with Crippen molar-refractivity contribution in [3.05, 3.63) is 29.8 Å². The highest BCUT2D eigenvalue weighted by Gasteiger charge is 2.60. The summed E-state index contributed by atoms with van der Waals surface area (Å²) < 4.78 is 4.18. The Kier molecular flexibility index (Phi) is 3.73. The van der Waals surface area contributed by atoms with Crippen LogP contribution in [0.3, 0.4) is 0 Å². The van der Waals surface area contributed by atoms with Gasteiger partial charge in [0, 0.05) is 16.9 Å². The lowest BCUT2D eigenvalue weighted by Crippen LogP contribution is -2.53. The molecule has 0 amide bonds. The van der Waals surface area contributed by atoms with E-state index >= 15 is 0 Å². The summed E-state index contributed by atoms with van der Waals surface area (Å²) in [6.07, 6.45) is -0.517. The van der Waals surface area contributed by atoms with Crippen molar-refractivity contribution < 1.29 is 14.7 Å². The summed E-state index contributed by atoms with van der Waals surface area (Å²) in [6, 6.07) is 7.80. The van der Waals surface area contributed by atoms with Crippen molar-refractivity contribution in [2.45, 2.75) is 56.3 Å². The lowest BCUT2D eigenvalue weighted by atomic mass is 9.70. The third-order valence-corrected chi connectivity index (χ3v) is 7.27. The molecule has 3 atom stereocenters. The van der Waals surface area contributed by atoms with Gasteiger partial charge >= 0.3 is 0 Å². The molecule has 1 N–H and O–H groups in total. The van der Waals surface area contributed by atoms with Crippen LogP contribution in [-0.4, -0.2) is 16.0 Å². The van der Waals surface area contributed by atoms with Crippen LogP contribution in [0.15, 0.2) is 29.2 Å². The van der Waals surface area contributed by atoms with Gasteiger partial charge in [-0.25, -0.2) is 4.33 Å². The largest absolute Gasteiger partial charge is 0.672 e. The Morgan fingerprint density at radius 1 is 1.21 bits per heavy atom. The molecule has 2 rings (SSSR count). The molecule has 106 valence electrons. The maximum atomic E-state index is 11.3. The molecule has 0 fully saturated rings. The summed E-state index contributed by atoms with van der Waals surface area (Å²) in [6.45, 7) is 10.1. The van der Waals surface area contributed by atoms with Gasteiger partial charge in [0.2, 0.25) is 0 Å². The fourth-order valence-electron chi connectivity index (χ4n) is 2.81. The first-order chi connectivity index (χ1) is 8.75. The molecule has 0 saturated carbocycles. The normalized spacial score (nSPS) is 32.5. The van der Waals surface area contributed by atoms with Crippen molar-refractivity contribution in [2.24, 2.45) is 5.41 Å². The second kappa shape index (κ2) is 4.77. The average Bonchev–Trinajstić information content (AvgIpc) is 2.40. The second-order valence-electron chi connectivity index (χ2n) is 6.34. The van der Waals surface area contributed by atoms with Crippen molar-refractivity contribution in [3.63, 3.8) is 0 Å². The molecule has 0 spiro atoms. The van der Waals surface area contributed by atoms with Gasteiger partial charge in [0.25, 0.3) is 0 Å². The summed E-state index contributed by atoms with van der Waals surface area (Å²) in [5.74, 6) is -0.0156. The van der Waals surface area contributed by atoms with E-state index in [9.17, 15) is 10.4 Å². The van der Waals surface area contributed by atoms with Gasteiger partial charge in [-0.3, -0.25) is 0 Å². The van der Waals surface area contributed by atoms with Crippen molar-refractivity contribution in [1.82, 2.24) is 0 Å². The summed E-state index contributed by atoms with van der Waals surface area (Å²) in [5, 5.41) is 22.1. The minimum atomic E-state index is -0.881. The second-order valence-corrected chi connectivity index (χ2v) is 8.47. The van der Waals surface area contributed by atoms with E-state index < -0.39 is 27.4 Å². The highest BCUT2D eigenvalue weighted by molar-refractivity contribution is 7.93. The Labute approximate surface area is 118 Å². The van der Waals surface area contributed by atoms with Crippen molar-refractivity contribution in [3.8, 4) is 0 Å². The molecule has 1 aromatic carbocycles. The van der Waals surface area contributed by atoms with Gasteiger partial charge in [0.05, 0.1) is 6.10 Å². The average molecular weight is 282 g/mol. The predicted molar refractivity (Wildman–Crippen MR) is 75.4 cm³/mol.